The number of carbonyl (C=O) groups is 1. The molecule has 0 amide bonds. The Balaban J connectivity index is 1.71. The molecular formula is C22H19FN4O2. The number of hydrogen-bond donors (Lipinski definition) is 2. The van der Waals surface area contributed by atoms with E-state index in [1.54, 1.807) is 24.7 Å². The molecule has 3 aromatic rings. The number of halogens is 1. The van der Waals surface area contributed by atoms with Gasteiger partial charge >= 0.3 is 0 Å². The molecule has 0 radical (unpaired) electrons. The topological polar surface area (TPSA) is 79.9 Å². The molecule has 146 valence electrons. The number of aromatic nitrogens is 3. The molecular weight excluding hydrogens is 371 g/mol. The molecule has 1 aromatic carbocycles. The van der Waals surface area contributed by atoms with Gasteiger partial charge in [0.2, 0.25) is 5.88 Å². The normalized spacial score (nSPS) is 16.4. The first-order valence-electron chi connectivity index (χ1n) is 9.47. The summed E-state index contributed by atoms with van der Waals surface area (Å²) >= 11 is 0. The van der Waals surface area contributed by atoms with Gasteiger partial charge in [-0.3, -0.25) is 9.89 Å². The number of H-pyrrole nitrogens is 1. The summed E-state index contributed by atoms with van der Waals surface area (Å²) in [7, 11) is 0. The van der Waals surface area contributed by atoms with Crippen LogP contribution < -0.4 is 10.1 Å². The number of ketones is 1. The van der Waals surface area contributed by atoms with Crippen molar-refractivity contribution >= 4 is 23.1 Å². The zero-order chi connectivity index (χ0) is 20.1. The minimum Gasteiger partial charge on any atom is -0.474 e. The molecule has 3 heterocycles. The lowest BCUT2D eigenvalue weighted by molar-refractivity contribution is -0.112. The van der Waals surface area contributed by atoms with Crippen LogP contribution in [-0.2, 0) is 11.2 Å². The predicted octanol–water partition coefficient (Wildman–Crippen LogP) is 3.70. The molecule has 0 unspecified atom stereocenters. The van der Waals surface area contributed by atoms with E-state index in [2.05, 4.69) is 20.5 Å². The summed E-state index contributed by atoms with van der Waals surface area (Å²) in [5.41, 5.74) is 6.62. The minimum atomic E-state index is -0.370. The quantitative estimate of drug-likeness (QED) is 0.653. The molecule has 0 bridgehead atoms. The molecule has 0 saturated heterocycles. The van der Waals surface area contributed by atoms with Crippen LogP contribution in [-0.4, -0.2) is 34.1 Å². The molecule has 7 heteroatoms. The van der Waals surface area contributed by atoms with E-state index in [-0.39, 0.29) is 18.0 Å². The van der Waals surface area contributed by atoms with Crippen LogP contribution in [0.3, 0.4) is 0 Å². The highest BCUT2D eigenvalue weighted by Crippen LogP contribution is 2.42. The SMILES string of the molecule is Cc1c(-c2cc(F)c3c(c2C)/C(=C/c2cn[nH]c2)C(=O)C3)cnc2c1NCCO2. The molecule has 1 aliphatic carbocycles. The summed E-state index contributed by atoms with van der Waals surface area (Å²) in [5.74, 6) is 0.106. The molecule has 1 aliphatic heterocycles. The molecule has 2 N–H and O–H groups in total. The van der Waals surface area contributed by atoms with Gasteiger partial charge in [0.05, 0.1) is 6.20 Å². The van der Waals surface area contributed by atoms with Crippen LogP contribution in [0.1, 0.15) is 27.8 Å². The van der Waals surface area contributed by atoms with Crippen LogP contribution in [0, 0.1) is 19.7 Å². The summed E-state index contributed by atoms with van der Waals surface area (Å²) in [6.07, 6.45) is 6.89. The number of allylic oxidation sites excluding steroid dienone is 1. The number of Topliss-reactive ketones (excluding diaryl/α,β-unsaturated/α-hetero) is 1. The number of fused-ring (bicyclic) bond motifs is 2. The van der Waals surface area contributed by atoms with Crippen molar-refractivity contribution in [2.45, 2.75) is 20.3 Å². The van der Waals surface area contributed by atoms with Gasteiger partial charge in [-0.25, -0.2) is 9.37 Å². The Morgan fingerprint density at radius 3 is 2.86 bits per heavy atom. The van der Waals surface area contributed by atoms with Gasteiger partial charge in [0.25, 0.3) is 0 Å². The summed E-state index contributed by atoms with van der Waals surface area (Å²) in [5, 5.41) is 9.97. The molecule has 0 atom stereocenters. The molecule has 29 heavy (non-hydrogen) atoms. The Kier molecular flexibility index (Phi) is 3.97. The maximum atomic E-state index is 15.1. The van der Waals surface area contributed by atoms with Crippen LogP contribution >= 0.6 is 0 Å². The third-order valence-electron chi connectivity index (χ3n) is 5.61. The van der Waals surface area contributed by atoms with Gasteiger partial charge in [0.1, 0.15) is 18.1 Å². The molecule has 2 aromatic heterocycles. The van der Waals surface area contributed by atoms with Crippen molar-refractivity contribution in [1.82, 2.24) is 15.2 Å². The number of anilines is 1. The fourth-order valence-electron chi connectivity index (χ4n) is 4.17. The second-order valence-electron chi connectivity index (χ2n) is 7.33. The number of benzene rings is 1. The zero-order valence-corrected chi connectivity index (χ0v) is 16.1. The molecule has 0 fully saturated rings. The Morgan fingerprint density at radius 1 is 1.21 bits per heavy atom. The van der Waals surface area contributed by atoms with Gasteiger partial charge in [-0.15, -0.1) is 0 Å². The lowest BCUT2D eigenvalue weighted by Crippen LogP contribution is -2.20. The minimum absolute atomic E-state index is 0.0722. The number of aromatic amines is 1. The maximum Gasteiger partial charge on any atom is 0.237 e. The number of rotatable bonds is 2. The van der Waals surface area contributed by atoms with Crippen LogP contribution in [0.25, 0.3) is 22.8 Å². The third-order valence-corrected chi connectivity index (χ3v) is 5.61. The van der Waals surface area contributed by atoms with E-state index in [1.165, 1.54) is 6.07 Å². The van der Waals surface area contributed by atoms with Crippen molar-refractivity contribution < 1.29 is 13.9 Å². The number of hydrogen-bond acceptors (Lipinski definition) is 5. The largest absolute Gasteiger partial charge is 0.474 e. The number of nitrogens with one attached hydrogen (secondary N) is 2. The molecule has 5 rings (SSSR count). The van der Waals surface area contributed by atoms with E-state index in [9.17, 15) is 4.79 Å². The van der Waals surface area contributed by atoms with Crippen molar-refractivity contribution in [3.63, 3.8) is 0 Å². The fraction of sp³-hybridized carbons (Fsp3) is 0.227. The van der Waals surface area contributed by atoms with Crippen molar-refractivity contribution in [2.24, 2.45) is 0 Å². The van der Waals surface area contributed by atoms with E-state index >= 15 is 4.39 Å². The molecule has 0 spiro atoms. The highest BCUT2D eigenvalue weighted by Gasteiger charge is 2.31. The lowest BCUT2D eigenvalue weighted by atomic mass is 9.90. The van der Waals surface area contributed by atoms with Gasteiger partial charge < -0.3 is 10.1 Å². The highest BCUT2D eigenvalue weighted by molar-refractivity contribution is 6.30. The Hall–Kier alpha value is -3.48. The van der Waals surface area contributed by atoms with E-state index in [0.717, 1.165) is 33.5 Å². The summed E-state index contributed by atoms with van der Waals surface area (Å²) in [6, 6.07) is 1.52. The number of carbonyl (C=O) groups excluding carboxylic acids is 1. The molecule has 2 aliphatic rings. The first kappa shape index (κ1) is 17.6. The summed E-state index contributed by atoms with van der Waals surface area (Å²) in [4.78, 5) is 17.1. The zero-order valence-electron chi connectivity index (χ0n) is 16.1. The third kappa shape index (κ3) is 2.73. The van der Waals surface area contributed by atoms with Gasteiger partial charge in [-0.05, 0) is 48.2 Å². The Bertz CT molecular complexity index is 1180. The predicted molar refractivity (Wildman–Crippen MR) is 108 cm³/mol. The maximum absolute atomic E-state index is 15.1. The lowest BCUT2D eigenvalue weighted by Gasteiger charge is -2.22. The first-order chi connectivity index (χ1) is 14.0. The monoisotopic (exact) mass is 390 g/mol. The Morgan fingerprint density at radius 2 is 2.07 bits per heavy atom. The van der Waals surface area contributed by atoms with Crippen molar-refractivity contribution in [2.75, 3.05) is 18.5 Å². The highest BCUT2D eigenvalue weighted by atomic mass is 19.1. The Labute approximate surface area is 166 Å². The average molecular weight is 390 g/mol. The van der Waals surface area contributed by atoms with Crippen LogP contribution in [0.4, 0.5) is 10.1 Å². The van der Waals surface area contributed by atoms with E-state index < -0.39 is 0 Å². The van der Waals surface area contributed by atoms with Crippen LogP contribution in [0.15, 0.2) is 24.7 Å². The smallest absolute Gasteiger partial charge is 0.237 e. The number of pyridine rings is 1. The summed E-state index contributed by atoms with van der Waals surface area (Å²) in [6.45, 7) is 5.16. The van der Waals surface area contributed by atoms with Crippen LogP contribution in [0.5, 0.6) is 5.88 Å². The number of ether oxygens (including phenoxy) is 1. The van der Waals surface area contributed by atoms with Gasteiger partial charge in [-0.1, -0.05) is 0 Å². The fourth-order valence-corrected chi connectivity index (χ4v) is 4.17. The van der Waals surface area contributed by atoms with E-state index in [4.69, 9.17) is 4.74 Å². The van der Waals surface area contributed by atoms with Gasteiger partial charge in [0.15, 0.2) is 5.78 Å². The van der Waals surface area contributed by atoms with E-state index in [0.29, 0.717) is 35.7 Å². The van der Waals surface area contributed by atoms with E-state index in [1.807, 2.05) is 13.8 Å². The molecule has 6 nitrogen and oxygen atoms in total. The van der Waals surface area contributed by atoms with Crippen molar-refractivity contribution in [3.8, 4) is 17.0 Å². The van der Waals surface area contributed by atoms with Crippen molar-refractivity contribution in [1.29, 1.82) is 0 Å². The van der Waals surface area contributed by atoms with Gasteiger partial charge in [0, 0.05) is 47.6 Å². The first-order valence-corrected chi connectivity index (χ1v) is 9.47. The van der Waals surface area contributed by atoms with Crippen molar-refractivity contribution in [3.05, 3.63) is 58.3 Å². The standard InChI is InChI=1S/C22H19FN4O2/c1-11-14(17-10-25-22-21(12(17)2)24-3-4-29-22)6-18(23)15-7-19(28)16(20(11)15)5-13-8-26-27-9-13/h5-6,8-10,24H,3-4,7H2,1-2H3,(H,26,27)/b16-5+. The molecule has 0 saturated carbocycles. The average Bonchev–Trinajstić information content (AvgIpc) is 3.35. The summed E-state index contributed by atoms with van der Waals surface area (Å²) < 4.78 is 20.7. The second kappa shape index (κ2) is 6.55. The number of nitrogens with zero attached hydrogens (tertiary/aromatic N) is 2. The van der Waals surface area contributed by atoms with Crippen LogP contribution in [0.2, 0.25) is 0 Å². The van der Waals surface area contributed by atoms with Gasteiger partial charge in [-0.2, -0.15) is 5.10 Å². The second-order valence-corrected chi connectivity index (χ2v) is 7.33.